The Morgan fingerprint density at radius 3 is 2.63 bits per heavy atom. The van der Waals surface area contributed by atoms with Crippen molar-refractivity contribution in [2.75, 3.05) is 0 Å². The molecule has 0 N–H and O–H groups in total. The van der Waals surface area contributed by atoms with Crippen molar-refractivity contribution >= 4 is 16.8 Å². The zero-order valence-corrected chi connectivity index (χ0v) is 18.0. The van der Waals surface area contributed by atoms with Gasteiger partial charge in [-0.1, -0.05) is 12.1 Å². The molecule has 7 heteroatoms. The van der Waals surface area contributed by atoms with E-state index in [1.54, 1.807) is 17.1 Å². The quantitative estimate of drug-likeness (QED) is 0.510. The van der Waals surface area contributed by atoms with E-state index in [1.807, 2.05) is 81.0 Å². The molecule has 0 aliphatic rings. The van der Waals surface area contributed by atoms with E-state index in [-0.39, 0.29) is 11.9 Å². The summed E-state index contributed by atoms with van der Waals surface area (Å²) in [6.45, 7) is 6.52. The van der Waals surface area contributed by atoms with Crippen LogP contribution >= 0.6 is 0 Å². The number of carbonyl (C=O) groups excluding carboxylic acids is 1. The largest absolute Gasteiger partial charge is 0.337 e. The van der Waals surface area contributed by atoms with E-state index in [4.69, 9.17) is 4.98 Å². The van der Waals surface area contributed by atoms with Crippen molar-refractivity contribution in [3.8, 4) is 11.3 Å². The lowest BCUT2D eigenvalue weighted by Crippen LogP contribution is -2.37. The maximum Gasteiger partial charge on any atom is 0.255 e. The molecule has 0 saturated heterocycles. The Balaban J connectivity index is 1.84. The number of benzene rings is 1. The third kappa shape index (κ3) is 3.70. The van der Waals surface area contributed by atoms with Crippen molar-refractivity contribution in [2.45, 2.75) is 33.4 Å². The molecule has 0 atom stereocenters. The fourth-order valence-corrected chi connectivity index (χ4v) is 3.56. The van der Waals surface area contributed by atoms with Crippen LogP contribution in [0.15, 0.2) is 49.1 Å². The highest BCUT2D eigenvalue weighted by molar-refractivity contribution is 6.07. The van der Waals surface area contributed by atoms with Crippen molar-refractivity contribution in [1.29, 1.82) is 0 Å². The van der Waals surface area contributed by atoms with Gasteiger partial charge in [0.15, 0.2) is 0 Å². The van der Waals surface area contributed by atoms with Crippen LogP contribution in [0.3, 0.4) is 0 Å². The summed E-state index contributed by atoms with van der Waals surface area (Å²) in [7, 11) is 3.81. The van der Waals surface area contributed by atoms with Crippen molar-refractivity contribution < 1.29 is 4.79 Å². The molecule has 0 saturated carbocycles. The van der Waals surface area contributed by atoms with Crippen LogP contribution in [0.25, 0.3) is 22.2 Å². The summed E-state index contributed by atoms with van der Waals surface area (Å²) < 4.78 is 3.68. The maximum absolute atomic E-state index is 13.8. The van der Waals surface area contributed by atoms with Crippen LogP contribution < -0.4 is 0 Å². The first-order valence-corrected chi connectivity index (χ1v) is 10.0. The number of aryl methyl sites for hydroxylation is 3. The number of carbonyl (C=O) groups is 1. The second-order valence-corrected chi connectivity index (χ2v) is 7.96. The highest BCUT2D eigenvalue weighted by Gasteiger charge is 2.24. The van der Waals surface area contributed by atoms with Gasteiger partial charge in [-0.15, -0.1) is 0 Å². The molecule has 1 amide bonds. The summed E-state index contributed by atoms with van der Waals surface area (Å²) in [5.41, 5.74) is 4.17. The Hall–Kier alpha value is -3.48. The lowest BCUT2D eigenvalue weighted by molar-refractivity contribution is 0.0685. The van der Waals surface area contributed by atoms with Gasteiger partial charge in [0.05, 0.1) is 29.5 Å². The predicted molar refractivity (Wildman–Crippen MR) is 117 cm³/mol. The van der Waals surface area contributed by atoms with Crippen molar-refractivity contribution in [3.05, 3.63) is 66.0 Å². The van der Waals surface area contributed by atoms with Crippen LogP contribution in [0, 0.1) is 6.92 Å². The first kappa shape index (κ1) is 19.8. The summed E-state index contributed by atoms with van der Waals surface area (Å²) in [5.74, 6) is 0.813. The summed E-state index contributed by atoms with van der Waals surface area (Å²) in [6, 6.07) is 7.92. The van der Waals surface area contributed by atoms with Crippen molar-refractivity contribution in [1.82, 2.24) is 29.2 Å². The number of fused-ring (bicyclic) bond motifs is 1. The number of aromatic nitrogens is 5. The summed E-state index contributed by atoms with van der Waals surface area (Å²) in [4.78, 5) is 24.8. The molecule has 3 aromatic heterocycles. The molecule has 0 spiro atoms. The zero-order chi connectivity index (χ0) is 21.4. The Morgan fingerprint density at radius 1 is 1.20 bits per heavy atom. The number of rotatable bonds is 5. The molecule has 3 heterocycles. The van der Waals surface area contributed by atoms with Crippen molar-refractivity contribution in [3.63, 3.8) is 0 Å². The summed E-state index contributed by atoms with van der Waals surface area (Å²) in [5, 5.41) is 5.11. The van der Waals surface area contributed by atoms with E-state index in [9.17, 15) is 4.79 Å². The van der Waals surface area contributed by atoms with Crippen LogP contribution in [0.2, 0.25) is 0 Å². The van der Waals surface area contributed by atoms with E-state index in [0.717, 1.165) is 33.5 Å². The fraction of sp³-hybridized carbons (Fsp3) is 0.304. The molecule has 1 aromatic carbocycles. The van der Waals surface area contributed by atoms with Gasteiger partial charge in [-0.25, -0.2) is 9.97 Å². The number of hydrogen-bond donors (Lipinski definition) is 0. The van der Waals surface area contributed by atoms with E-state index in [1.165, 1.54) is 0 Å². The lowest BCUT2D eigenvalue weighted by atomic mass is 10.0. The molecule has 0 aliphatic heterocycles. The molecule has 0 fully saturated rings. The van der Waals surface area contributed by atoms with Gasteiger partial charge in [-0.2, -0.15) is 5.10 Å². The molecule has 0 radical (unpaired) electrons. The standard InChI is InChI=1S/C23H26N6O/c1-15(2)29(14-22-24-8-9-27(22)4)23(30)19-11-20(17-12-25-28(5)13-17)26-21-10-16(3)6-7-18(19)21/h6-13,15H,14H2,1-5H3. The topological polar surface area (TPSA) is 68.8 Å². The third-order valence-corrected chi connectivity index (χ3v) is 5.31. The van der Waals surface area contributed by atoms with Gasteiger partial charge >= 0.3 is 0 Å². The van der Waals surface area contributed by atoms with Gasteiger partial charge in [0.2, 0.25) is 0 Å². The molecule has 7 nitrogen and oxygen atoms in total. The van der Waals surface area contributed by atoms with E-state index in [0.29, 0.717) is 12.1 Å². The number of pyridine rings is 1. The lowest BCUT2D eigenvalue weighted by Gasteiger charge is -2.27. The van der Waals surface area contributed by atoms with Gasteiger partial charge in [0.1, 0.15) is 5.82 Å². The molecular formula is C23H26N6O. The van der Waals surface area contributed by atoms with Gasteiger partial charge in [-0.05, 0) is 38.5 Å². The number of amides is 1. The molecule has 30 heavy (non-hydrogen) atoms. The summed E-state index contributed by atoms with van der Waals surface area (Å²) in [6.07, 6.45) is 7.32. The molecule has 154 valence electrons. The minimum Gasteiger partial charge on any atom is -0.337 e. The highest BCUT2D eigenvalue weighted by atomic mass is 16.2. The van der Waals surface area contributed by atoms with Crippen LogP contribution in [0.1, 0.15) is 35.6 Å². The highest BCUT2D eigenvalue weighted by Crippen LogP contribution is 2.27. The van der Waals surface area contributed by atoms with E-state index >= 15 is 0 Å². The Kier molecular flexibility index (Phi) is 5.11. The normalized spacial score (nSPS) is 11.4. The van der Waals surface area contributed by atoms with Crippen LogP contribution in [0.4, 0.5) is 0 Å². The minimum absolute atomic E-state index is 0.0182. The Morgan fingerprint density at radius 2 is 2.00 bits per heavy atom. The van der Waals surface area contributed by atoms with E-state index < -0.39 is 0 Å². The van der Waals surface area contributed by atoms with Gasteiger partial charge in [0, 0.05) is 49.7 Å². The van der Waals surface area contributed by atoms with Gasteiger partial charge in [0.25, 0.3) is 5.91 Å². The maximum atomic E-state index is 13.8. The second-order valence-electron chi connectivity index (χ2n) is 7.96. The smallest absolute Gasteiger partial charge is 0.255 e. The molecule has 0 bridgehead atoms. The first-order chi connectivity index (χ1) is 14.3. The average molecular weight is 403 g/mol. The van der Waals surface area contributed by atoms with Crippen LogP contribution in [-0.2, 0) is 20.6 Å². The van der Waals surface area contributed by atoms with E-state index in [2.05, 4.69) is 10.1 Å². The molecule has 4 aromatic rings. The fourth-order valence-electron chi connectivity index (χ4n) is 3.56. The number of hydrogen-bond acceptors (Lipinski definition) is 4. The number of imidazole rings is 1. The van der Waals surface area contributed by atoms with Crippen LogP contribution in [0.5, 0.6) is 0 Å². The third-order valence-electron chi connectivity index (χ3n) is 5.31. The summed E-state index contributed by atoms with van der Waals surface area (Å²) >= 11 is 0. The van der Waals surface area contributed by atoms with Gasteiger partial charge < -0.3 is 9.47 Å². The first-order valence-electron chi connectivity index (χ1n) is 10.0. The molecule has 4 rings (SSSR count). The zero-order valence-electron chi connectivity index (χ0n) is 18.0. The second kappa shape index (κ2) is 7.74. The SMILES string of the molecule is Cc1ccc2c(C(=O)N(Cc3nccn3C)C(C)C)cc(-c3cnn(C)c3)nc2c1. The molecular weight excluding hydrogens is 376 g/mol. The van der Waals surface area contributed by atoms with Gasteiger partial charge in [-0.3, -0.25) is 9.48 Å². The Bertz CT molecular complexity index is 1220. The average Bonchev–Trinajstić information content (AvgIpc) is 3.32. The van der Waals surface area contributed by atoms with Crippen LogP contribution in [-0.4, -0.2) is 41.2 Å². The molecule has 0 unspecified atom stereocenters. The van der Waals surface area contributed by atoms with Crippen molar-refractivity contribution in [2.24, 2.45) is 14.1 Å². The minimum atomic E-state index is -0.0330. The Labute approximate surface area is 176 Å². The monoisotopic (exact) mass is 402 g/mol. The molecule has 0 aliphatic carbocycles. The number of nitrogens with zero attached hydrogens (tertiary/aromatic N) is 6. The predicted octanol–water partition coefficient (Wildman–Crippen LogP) is 3.73.